The zero-order valence-corrected chi connectivity index (χ0v) is 11.9. The number of nitrogens with zero attached hydrogens (tertiary/aromatic N) is 2. The Labute approximate surface area is 113 Å². The minimum Gasteiger partial charge on any atom is -0.382 e. The van der Waals surface area contributed by atoms with Crippen LogP contribution in [-0.2, 0) is 9.47 Å². The lowest BCUT2D eigenvalue weighted by molar-refractivity contribution is 0.0705. The minimum atomic E-state index is 0.459. The molecule has 0 saturated heterocycles. The Morgan fingerprint density at radius 3 is 2.61 bits per heavy atom. The van der Waals surface area contributed by atoms with E-state index < -0.39 is 0 Å². The lowest BCUT2D eigenvalue weighted by Crippen LogP contribution is -2.11. The summed E-state index contributed by atoms with van der Waals surface area (Å²) in [4.78, 5) is 0. The van der Waals surface area contributed by atoms with Crippen molar-refractivity contribution >= 4 is 17.4 Å². The molecule has 0 aliphatic carbocycles. The van der Waals surface area contributed by atoms with Crippen LogP contribution in [0.4, 0.5) is 5.82 Å². The van der Waals surface area contributed by atoms with Gasteiger partial charge < -0.3 is 14.8 Å². The van der Waals surface area contributed by atoms with E-state index in [9.17, 15) is 0 Å². The first kappa shape index (κ1) is 15.1. The summed E-state index contributed by atoms with van der Waals surface area (Å²) in [5.41, 5.74) is 2.00. The number of anilines is 1. The van der Waals surface area contributed by atoms with Gasteiger partial charge in [0.15, 0.2) is 11.0 Å². The molecule has 0 saturated carbocycles. The molecular formula is C12H20ClN3O2. The van der Waals surface area contributed by atoms with Crippen molar-refractivity contribution in [1.82, 2.24) is 10.2 Å². The monoisotopic (exact) mass is 273 g/mol. The van der Waals surface area contributed by atoms with Crippen molar-refractivity contribution in [2.75, 3.05) is 38.8 Å². The number of hydrogen-bond acceptors (Lipinski definition) is 5. The number of hydrogen-bond donors (Lipinski definition) is 1. The standard InChI is InChI=1S/C12H20ClN3O2/c1-9-10(2)12(16-15-11(9)13)14-5-4-6-18-8-7-17-3/h4-8H2,1-3H3,(H,14,16). The third-order valence-electron chi connectivity index (χ3n) is 2.65. The summed E-state index contributed by atoms with van der Waals surface area (Å²) in [6, 6.07) is 0. The van der Waals surface area contributed by atoms with Gasteiger partial charge in [-0.25, -0.2) is 0 Å². The smallest absolute Gasteiger partial charge is 0.155 e. The molecule has 0 aromatic carbocycles. The van der Waals surface area contributed by atoms with Gasteiger partial charge in [0.05, 0.1) is 13.2 Å². The molecule has 1 aromatic heterocycles. The van der Waals surface area contributed by atoms with E-state index in [1.54, 1.807) is 7.11 Å². The van der Waals surface area contributed by atoms with Gasteiger partial charge in [0.2, 0.25) is 0 Å². The fourth-order valence-corrected chi connectivity index (χ4v) is 1.55. The van der Waals surface area contributed by atoms with Crippen LogP contribution in [0.2, 0.25) is 5.15 Å². The van der Waals surface area contributed by atoms with Gasteiger partial charge in [-0.2, -0.15) is 0 Å². The fourth-order valence-electron chi connectivity index (χ4n) is 1.37. The number of rotatable bonds is 8. The highest BCUT2D eigenvalue weighted by atomic mass is 35.5. The van der Waals surface area contributed by atoms with Crippen molar-refractivity contribution in [2.45, 2.75) is 20.3 Å². The Morgan fingerprint density at radius 2 is 1.89 bits per heavy atom. The first-order valence-corrected chi connectivity index (χ1v) is 6.34. The van der Waals surface area contributed by atoms with Crippen molar-refractivity contribution in [3.8, 4) is 0 Å². The van der Waals surface area contributed by atoms with Crippen LogP contribution in [0, 0.1) is 13.8 Å². The number of aromatic nitrogens is 2. The summed E-state index contributed by atoms with van der Waals surface area (Å²) in [5, 5.41) is 11.6. The zero-order valence-electron chi connectivity index (χ0n) is 11.1. The number of methoxy groups -OCH3 is 1. The van der Waals surface area contributed by atoms with Crippen molar-refractivity contribution < 1.29 is 9.47 Å². The number of ether oxygens (including phenoxy) is 2. The van der Waals surface area contributed by atoms with E-state index in [0.29, 0.717) is 25.0 Å². The number of nitrogens with one attached hydrogen (secondary N) is 1. The zero-order chi connectivity index (χ0) is 13.4. The molecule has 0 spiro atoms. The molecule has 1 heterocycles. The average Bonchev–Trinajstić information content (AvgIpc) is 2.37. The molecule has 6 heteroatoms. The van der Waals surface area contributed by atoms with Gasteiger partial charge >= 0.3 is 0 Å². The van der Waals surface area contributed by atoms with Crippen LogP contribution in [-0.4, -0.2) is 43.7 Å². The molecule has 0 atom stereocenters. The van der Waals surface area contributed by atoms with Gasteiger partial charge in [0, 0.05) is 20.3 Å². The molecule has 0 aliphatic heterocycles. The van der Waals surface area contributed by atoms with Crippen LogP contribution < -0.4 is 5.32 Å². The second-order valence-electron chi connectivity index (χ2n) is 3.97. The Morgan fingerprint density at radius 1 is 1.11 bits per heavy atom. The Hall–Kier alpha value is -0.910. The Kier molecular flexibility index (Phi) is 6.93. The topological polar surface area (TPSA) is 56.3 Å². The molecular weight excluding hydrogens is 254 g/mol. The maximum Gasteiger partial charge on any atom is 0.155 e. The Balaban J connectivity index is 2.25. The van der Waals surface area contributed by atoms with E-state index >= 15 is 0 Å². The highest BCUT2D eigenvalue weighted by molar-refractivity contribution is 6.30. The maximum atomic E-state index is 5.88. The van der Waals surface area contributed by atoms with Gasteiger partial charge in [0.25, 0.3) is 0 Å². The molecule has 0 amide bonds. The molecule has 1 N–H and O–H groups in total. The number of halogens is 1. The molecule has 18 heavy (non-hydrogen) atoms. The summed E-state index contributed by atoms with van der Waals surface area (Å²) in [6.07, 6.45) is 0.909. The molecule has 0 aliphatic rings. The highest BCUT2D eigenvalue weighted by Gasteiger charge is 2.06. The van der Waals surface area contributed by atoms with Gasteiger partial charge in [-0.3, -0.25) is 0 Å². The van der Waals surface area contributed by atoms with Crippen LogP contribution in [0.25, 0.3) is 0 Å². The van der Waals surface area contributed by atoms with Crippen LogP contribution in [0.1, 0.15) is 17.5 Å². The SMILES string of the molecule is COCCOCCCNc1nnc(Cl)c(C)c1C. The van der Waals surface area contributed by atoms with E-state index in [2.05, 4.69) is 15.5 Å². The first-order valence-electron chi connectivity index (χ1n) is 5.96. The van der Waals surface area contributed by atoms with Gasteiger partial charge in [-0.1, -0.05) is 11.6 Å². The minimum absolute atomic E-state index is 0.459. The summed E-state index contributed by atoms with van der Waals surface area (Å²) in [6.45, 7) is 6.68. The van der Waals surface area contributed by atoms with E-state index in [4.69, 9.17) is 21.1 Å². The lowest BCUT2D eigenvalue weighted by atomic mass is 10.2. The summed E-state index contributed by atoms with van der Waals surface area (Å²) in [7, 11) is 1.66. The van der Waals surface area contributed by atoms with Crippen molar-refractivity contribution in [3.63, 3.8) is 0 Å². The van der Waals surface area contributed by atoms with Crippen LogP contribution in [0.3, 0.4) is 0 Å². The predicted octanol–water partition coefficient (Wildman–Crippen LogP) is 2.21. The third kappa shape index (κ3) is 4.76. The van der Waals surface area contributed by atoms with E-state index in [0.717, 1.165) is 29.9 Å². The Bertz CT molecular complexity index is 375. The van der Waals surface area contributed by atoms with Crippen molar-refractivity contribution in [1.29, 1.82) is 0 Å². The fraction of sp³-hybridized carbons (Fsp3) is 0.667. The molecule has 0 unspecified atom stereocenters. The summed E-state index contributed by atoms with van der Waals surface area (Å²) in [5.74, 6) is 0.786. The van der Waals surface area contributed by atoms with Crippen LogP contribution >= 0.6 is 11.6 Å². The molecule has 0 fully saturated rings. The molecule has 0 bridgehead atoms. The second-order valence-corrected chi connectivity index (χ2v) is 4.33. The predicted molar refractivity (Wildman–Crippen MR) is 72.3 cm³/mol. The van der Waals surface area contributed by atoms with E-state index in [-0.39, 0.29) is 0 Å². The molecule has 0 radical (unpaired) electrons. The van der Waals surface area contributed by atoms with E-state index in [1.165, 1.54) is 0 Å². The summed E-state index contributed by atoms with van der Waals surface area (Å²) >= 11 is 5.88. The molecule has 1 aromatic rings. The van der Waals surface area contributed by atoms with Gasteiger partial charge in [-0.15, -0.1) is 10.2 Å². The van der Waals surface area contributed by atoms with Gasteiger partial charge in [-0.05, 0) is 31.4 Å². The van der Waals surface area contributed by atoms with Crippen molar-refractivity contribution in [2.24, 2.45) is 0 Å². The maximum absolute atomic E-state index is 5.88. The second kappa shape index (κ2) is 8.24. The summed E-state index contributed by atoms with van der Waals surface area (Å²) < 4.78 is 10.2. The first-order chi connectivity index (χ1) is 8.66. The molecule has 1 rings (SSSR count). The van der Waals surface area contributed by atoms with E-state index in [1.807, 2.05) is 13.8 Å². The van der Waals surface area contributed by atoms with Gasteiger partial charge in [0.1, 0.15) is 0 Å². The largest absolute Gasteiger partial charge is 0.382 e. The molecule has 5 nitrogen and oxygen atoms in total. The lowest BCUT2D eigenvalue weighted by Gasteiger charge is -2.10. The molecule has 102 valence electrons. The third-order valence-corrected chi connectivity index (χ3v) is 3.01. The normalized spacial score (nSPS) is 10.7. The van der Waals surface area contributed by atoms with Crippen molar-refractivity contribution in [3.05, 3.63) is 16.3 Å². The average molecular weight is 274 g/mol. The quantitative estimate of drug-likeness (QED) is 0.736. The highest BCUT2D eigenvalue weighted by Crippen LogP contribution is 2.20. The van der Waals surface area contributed by atoms with Crippen LogP contribution in [0.5, 0.6) is 0 Å². The van der Waals surface area contributed by atoms with Crippen LogP contribution in [0.15, 0.2) is 0 Å².